The van der Waals surface area contributed by atoms with Crippen molar-refractivity contribution in [3.63, 3.8) is 0 Å². The highest BCUT2D eigenvalue weighted by Crippen LogP contribution is 2.70. The second kappa shape index (κ2) is 19.1. The van der Waals surface area contributed by atoms with E-state index >= 15 is 0 Å². The Hall–Kier alpha value is -1.35. The minimum Gasteiger partial charge on any atom is -0.458 e. The number of hydrogen-bond acceptors (Lipinski definition) is 16. The molecule has 5 aliphatic heterocycles. The van der Waals surface area contributed by atoms with Gasteiger partial charge in [0.2, 0.25) is 0 Å². The van der Waals surface area contributed by atoms with E-state index in [-0.39, 0.29) is 61.1 Å². The van der Waals surface area contributed by atoms with Crippen LogP contribution in [0.25, 0.3) is 0 Å². The summed E-state index contributed by atoms with van der Waals surface area (Å²) in [6, 6.07) is 0. The van der Waals surface area contributed by atoms with Gasteiger partial charge >= 0.3 is 5.97 Å². The largest absolute Gasteiger partial charge is 0.458 e. The highest BCUT2D eigenvalue weighted by Gasteiger charge is 2.71. The smallest absolute Gasteiger partial charge is 0.331 e. The van der Waals surface area contributed by atoms with E-state index in [9.17, 15) is 35.4 Å². The van der Waals surface area contributed by atoms with Crippen LogP contribution >= 0.6 is 0 Å². The molecule has 4 saturated carbocycles. The van der Waals surface area contributed by atoms with Gasteiger partial charge in [-0.15, -0.1) is 0 Å². The number of nitrogens with one attached hydrogen (secondary N) is 1. The maximum absolute atomic E-state index is 12.6. The number of carbonyl (C=O) groups excluding carboxylic acids is 1. The molecule has 0 radical (unpaired) electrons. The molecule has 0 amide bonds. The second-order valence-electron chi connectivity index (χ2n) is 20.5. The summed E-state index contributed by atoms with van der Waals surface area (Å²) in [7, 11) is 0. The molecule has 4 saturated heterocycles. The van der Waals surface area contributed by atoms with Crippen LogP contribution in [-0.2, 0) is 42.7 Å². The van der Waals surface area contributed by atoms with Crippen molar-refractivity contribution in [3.05, 3.63) is 11.6 Å². The number of ether oxygens (including phenoxy) is 8. The quantitative estimate of drug-likeness (QED) is 0.144. The summed E-state index contributed by atoms with van der Waals surface area (Å²) >= 11 is 0. The molecule has 0 aromatic rings. The Bertz CT molecular complexity index is 1520. The average molecular weight is 882 g/mol. The molecular weight excluding hydrogens is 806 g/mol. The van der Waals surface area contributed by atoms with E-state index in [0.717, 1.165) is 70.4 Å². The molecule has 5 heterocycles. The lowest BCUT2D eigenvalue weighted by Crippen LogP contribution is -2.67. The summed E-state index contributed by atoms with van der Waals surface area (Å²) in [4.78, 5) is 11.9. The van der Waals surface area contributed by atoms with Gasteiger partial charge in [0.15, 0.2) is 18.9 Å². The van der Waals surface area contributed by atoms with Gasteiger partial charge in [0.1, 0.15) is 24.9 Å². The summed E-state index contributed by atoms with van der Waals surface area (Å²) in [6.07, 6.45) is -0.345. The molecule has 0 spiro atoms. The van der Waals surface area contributed by atoms with Gasteiger partial charge in [-0.25, -0.2) is 4.79 Å². The monoisotopic (exact) mass is 882 g/mol. The van der Waals surface area contributed by atoms with Gasteiger partial charge in [-0.05, 0) is 120 Å². The van der Waals surface area contributed by atoms with Gasteiger partial charge in [0.05, 0.1) is 61.0 Å². The molecule has 0 aromatic heterocycles. The molecule has 9 rings (SSSR count). The van der Waals surface area contributed by atoms with Gasteiger partial charge in [-0.3, -0.25) is 0 Å². The maximum Gasteiger partial charge on any atom is 0.331 e. The Kier molecular flexibility index (Phi) is 14.5. The molecule has 16 heteroatoms. The van der Waals surface area contributed by atoms with Gasteiger partial charge in [0, 0.05) is 43.9 Å². The van der Waals surface area contributed by atoms with Crippen molar-refractivity contribution in [1.82, 2.24) is 5.32 Å². The van der Waals surface area contributed by atoms with E-state index in [2.05, 4.69) is 12.2 Å². The summed E-state index contributed by atoms with van der Waals surface area (Å²) < 4.78 is 47.2. The van der Waals surface area contributed by atoms with Gasteiger partial charge in [0.25, 0.3) is 0 Å². The molecule has 9 aliphatic rings. The zero-order valence-corrected chi connectivity index (χ0v) is 37.3. The van der Waals surface area contributed by atoms with Crippen molar-refractivity contribution in [2.24, 2.45) is 34.5 Å². The lowest BCUT2D eigenvalue weighted by atomic mass is 9.42. The second-order valence-corrected chi connectivity index (χ2v) is 20.5. The van der Waals surface area contributed by atoms with Crippen LogP contribution in [0.5, 0.6) is 0 Å². The predicted octanol–water partition coefficient (Wildman–Crippen LogP) is 2.21. The third-order valence-electron chi connectivity index (χ3n) is 17.0. The predicted molar refractivity (Wildman–Crippen MR) is 221 cm³/mol. The van der Waals surface area contributed by atoms with Crippen LogP contribution in [0.1, 0.15) is 112 Å². The van der Waals surface area contributed by atoms with E-state index in [1.807, 2.05) is 13.8 Å². The number of hydrogen-bond donors (Lipinski definition) is 7. The SMILES string of the molecule is C1CNCCOC1.C[C@H]1O[C@@H](O[C@H]2[C@@H](O)C[C@H](O[C@H]3[C@@H](O)C[C@H](O[C@H]4CC[C@@]5(C)[C@H](CC[C@@H]6[C@@H]5C[C@@H](O)[C@]5(C)[C@@H](C7=CC(=O)OC7)CC[C@]65O)C4)O[C@@H]3C)O[C@@H]2C)C[C@H](O)[C@@H]1O. The average Bonchev–Trinajstić information content (AvgIpc) is 3.61. The minimum absolute atomic E-state index is 0.0452. The van der Waals surface area contributed by atoms with Crippen molar-refractivity contribution in [3.8, 4) is 0 Å². The van der Waals surface area contributed by atoms with Crippen molar-refractivity contribution in [1.29, 1.82) is 0 Å². The number of rotatable bonds is 7. The lowest BCUT2D eigenvalue weighted by Gasteiger charge is -2.65. The standard InChI is InChI=1S/C41H64O14.C5H11NO/c1-19-36(47)28(42)15-34(50-19)54-38-21(3)52-35(17-30(38)44)55-37-20(2)51-33(16-29(37)43)53-24-8-10-39(4)23(13-24)6-7-26-27(39)14-31(45)40(5)25(9-11-41(26,40)48)22-12-32(46)49-18-22;1-2-6-3-5-7-4-1/h12,19-21,23-31,33-38,42-45,47-48H,6-11,13-18H2,1-5H3;6H,1-5H2/t19-,20-,21-,23-,24+,25-,26-,27+,28+,29+,30+,31-,33+,34+,35+,36-,37-,38-,39+,40+,41+;/m1./s1. The van der Waals surface area contributed by atoms with Gasteiger partial charge < -0.3 is 73.9 Å². The Morgan fingerprint density at radius 1 is 0.710 bits per heavy atom. The van der Waals surface area contributed by atoms with E-state index in [0.29, 0.717) is 18.8 Å². The highest BCUT2D eigenvalue weighted by atomic mass is 16.7. The van der Waals surface area contributed by atoms with Crippen LogP contribution in [0.2, 0.25) is 0 Å². The van der Waals surface area contributed by atoms with Gasteiger partial charge in [-0.1, -0.05) is 13.8 Å². The van der Waals surface area contributed by atoms with E-state index in [4.69, 9.17) is 37.9 Å². The molecule has 8 fully saturated rings. The lowest BCUT2D eigenvalue weighted by molar-refractivity contribution is -0.336. The molecule has 0 bridgehead atoms. The number of esters is 1. The Morgan fingerprint density at radius 3 is 1.98 bits per heavy atom. The third kappa shape index (κ3) is 9.06. The Balaban J connectivity index is 0.000000689. The van der Waals surface area contributed by atoms with Crippen LogP contribution in [0.15, 0.2) is 11.6 Å². The molecule has 62 heavy (non-hydrogen) atoms. The van der Waals surface area contributed by atoms with Crippen LogP contribution in [0, 0.1) is 34.5 Å². The zero-order valence-electron chi connectivity index (χ0n) is 37.3. The fourth-order valence-electron chi connectivity index (χ4n) is 13.4. The van der Waals surface area contributed by atoms with Crippen LogP contribution < -0.4 is 5.32 Å². The number of carbonyl (C=O) groups is 1. The van der Waals surface area contributed by atoms with Crippen LogP contribution in [0.3, 0.4) is 0 Å². The summed E-state index contributed by atoms with van der Waals surface area (Å²) in [5.74, 6) is 0.204. The van der Waals surface area contributed by atoms with Crippen LogP contribution in [-0.4, -0.2) is 161 Å². The molecule has 0 aromatic carbocycles. The number of fused-ring (bicyclic) bond motifs is 5. The summed E-state index contributed by atoms with van der Waals surface area (Å²) in [5.41, 5.74) is -0.892. The third-order valence-corrected chi connectivity index (χ3v) is 17.0. The summed E-state index contributed by atoms with van der Waals surface area (Å²) in [5, 5.41) is 70.1. The molecule has 4 aliphatic carbocycles. The van der Waals surface area contributed by atoms with Crippen LogP contribution in [0.4, 0.5) is 0 Å². The minimum atomic E-state index is -1.01. The number of aliphatic hydroxyl groups excluding tert-OH is 5. The molecule has 354 valence electrons. The fraction of sp³-hybridized carbons (Fsp3) is 0.935. The fourth-order valence-corrected chi connectivity index (χ4v) is 13.4. The first-order valence-electron chi connectivity index (χ1n) is 23.7. The van der Waals surface area contributed by atoms with Crippen molar-refractivity contribution in [2.75, 3.05) is 32.9 Å². The number of cyclic esters (lactones) is 1. The molecule has 16 nitrogen and oxygen atoms in total. The molecule has 21 atom stereocenters. The zero-order chi connectivity index (χ0) is 44.1. The topological polar surface area (TPSA) is 224 Å². The number of aliphatic hydroxyl groups is 6. The molecule has 7 N–H and O–H groups in total. The van der Waals surface area contributed by atoms with Crippen molar-refractivity contribution < 1.29 is 73.3 Å². The highest BCUT2D eigenvalue weighted by molar-refractivity contribution is 5.85. The molecule has 0 unspecified atom stereocenters. The first-order valence-corrected chi connectivity index (χ1v) is 23.7. The Labute approximate surface area is 366 Å². The van der Waals surface area contributed by atoms with E-state index in [1.54, 1.807) is 19.9 Å². The van der Waals surface area contributed by atoms with Gasteiger partial charge in [-0.2, -0.15) is 0 Å². The Morgan fingerprint density at radius 2 is 1.35 bits per heavy atom. The molecular formula is C46H75NO15. The van der Waals surface area contributed by atoms with Crippen molar-refractivity contribution >= 4 is 5.97 Å². The first-order chi connectivity index (χ1) is 29.5. The first kappa shape index (κ1) is 47.2. The van der Waals surface area contributed by atoms with E-state index < -0.39 is 90.9 Å². The summed E-state index contributed by atoms with van der Waals surface area (Å²) in [6.45, 7) is 13.9. The normalized spacial score (nSPS) is 52.0. The maximum atomic E-state index is 12.6. The van der Waals surface area contributed by atoms with E-state index in [1.165, 1.54) is 6.42 Å². The van der Waals surface area contributed by atoms with Crippen molar-refractivity contribution in [2.45, 2.75) is 203 Å².